The van der Waals surface area contributed by atoms with Gasteiger partial charge in [0.05, 0.1) is 56.6 Å². The average molecular weight is 636 g/mol. The van der Waals surface area contributed by atoms with Crippen molar-refractivity contribution < 1.29 is 0 Å². The first-order valence-corrected chi connectivity index (χ1v) is 16.3. The number of nitriles is 3. The van der Waals surface area contributed by atoms with Crippen LogP contribution in [0.25, 0.3) is 77.2 Å². The number of fused-ring (bicyclic) bond motifs is 6. The Hall–Kier alpha value is -7.39. The predicted octanol–water partition coefficient (Wildman–Crippen LogP) is 10.8. The quantitative estimate of drug-likeness (QED) is 0.193. The van der Waals surface area contributed by atoms with Gasteiger partial charge in [0.15, 0.2) is 0 Å². The molecule has 0 aliphatic rings. The number of nitrogens with zero attached hydrogens (tertiary/aromatic N) is 5. The Balaban J connectivity index is 1.24. The van der Waals surface area contributed by atoms with Crippen LogP contribution in [0.3, 0.4) is 0 Å². The lowest BCUT2D eigenvalue weighted by Gasteiger charge is -2.17. The smallest absolute Gasteiger partial charge is 0.100 e. The van der Waals surface area contributed by atoms with Crippen LogP contribution in [-0.2, 0) is 0 Å². The maximum absolute atomic E-state index is 10.8. The fourth-order valence-electron chi connectivity index (χ4n) is 7.46. The van der Waals surface area contributed by atoms with Crippen LogP contribution < -0.4 is 0 Å². The van der Waals surface area contributed by atoms with Gasteiger partial charge in [-0.1, -0.05) is 84.9 Å². The summed E-state index contributed by atoms with van der Waals surface area (Å²) < 4.78 is 4.44. The minimum Gasteiger partial charge on any atom is -0.309 e. The molecule has 0 atom stereocenters. The van der Waals surface area contributed by atoms with Crippen molar-refractivity contribution in [3.63, 3.8) is 0 Å². The summed E-state index contributed by atoms with van der Waals surface area (Å²) in [6.07, 6.45) is 0. The van der Waals surface area contributed by atoms with Crippen LogP contribution in [0.4, 0.5) is 0 Å². The minimum absolute atomic E-state index is 0.469. The van der Waals surface area contributed by atoms with Crippen LogP contribution >= 0.6 is 0 Å². The van der Waals surface area contributed by atoms with Gasteiger partial charge in [-0.05, 0) is 72.3 Å². The van der Waals surface area contributed by atoms with E-state index in [1.807, 2.05) is 78.9 Å². The summed E-state index contributed by atoms with van der Waals surface area (Å²) in [6, 6.07) is 57.6. The molecule has 9 aromatic rings. The second kappa shape index (κ2) is 11.4. The molecule has 230 valence electrons. The number of rotatable bonds is 4. The largest absolute Gasteiger partial charge is 0.309 e. The average Bonchev–Trinajstić information content (AvgIpc) is 3.70. The number of hydrogen-bond donors (Lipinski definition) is 0. The van der Waals surface area contributed by atoms with Gasteiger partial charge in [0, 0.05) is 43.9 Å². The topological polar surface area (TPSA) is 81.2 Å². The fraction of sp³-hybridized carbons (Fsp3) is 0. The van der Waals surface area contributed by atoms with Gasteiger partial charge in [0.2, 0.25) is 0 Å². The molecule has 0 amide bonds. The fourth-order valence-corrected chi connectivity index (χ4v) is 7.46. The van der Waals surface area contributed by atoms with Crippen LogP contribution in [0.1, 0.15) is 16.7 Å². The highest BCUT2D eigenvalue weighted by molar-refractivity contribution is 6.11. The summed E-state index contributed by atoms with van der Waals surface area (Å²) in [5.74, 6) is 0. The molecule has 0 aliphatic carbocycles. The standard InChI is InChI=1S/C45H25N5/c46-26-29-17-22-45-39(23-29)36-12-4-8-16-44(36)50(45)43-15-7-3-11-35(43)38-25-30(27-47)24-37(40(38)28-48)31-18-20-32(21-19-31)49-41-13-5-1-9-33(41)34-10-2-6-14-42(34)49/h1-25H. The SMILES string of the molecule is N#Cc1cc(-c2ccc(-n3c4ccccc4c4ccccc43)cc2)c(C#N)c(-c2ccccc2-n2c3ccccc3c3cc(C#N)ccc32)c1. The third-order valence-corrected chi connectivity index (χ3v) is 9.63. The Kier molecular flexibility index (Phi) is 6.56. The van der Waals surface area contributed by atoms with Crippen LogP contribution in [0, 0.1) is 34.0 Å². The maximum Gasteiger partial charge on any atom is 0.100 e. The van der Waals surface area contributed by atoms with Crippen LogP contribution in [-0.4, -0.2) is 9.13 Å². The number of aromatic nitrogens is 2. The zero-order chi connectivity index (χ0) is 33.8. The first kappa shape index (κ1) is 28.8. The highest BCUT2D eigenvalue weighted by Crippen LogP contribution is 2.40. The van der Waals surface area contributed by atoms with E-state index in [1.54, 1.807) is 0 Å². The van der Waals surface area contributed by atoms with Gasteiger partial charge in [-0.2, -0.15) is 15.8 Å². The summed E-state index contributed by atoms with van der Waals surface area (Å²) >= 11 is 0. The first-order valence-electron chi connectivity index (χ1n) is 16.3. The van der Waals surface area contributed by atoms with E-state index in [1.165, 1.54) is 10.8 Å². The molecule has 50 heavy (non-hydrogen) atoms. The van der Waals surface area contributed by atoms with Crippen molar-refractivity contribution >= 4 is 43.6 Å². The number of hydrogen-bond acceptors (Lipinski definition) is 3. The Bertz CT molecular complexity index is 2900. The molecule has 5 heteroatoms. The molecule has 7 aromatic carbocycles. The van der Waals surface area contributed by atoms with E-state index in [0.29, 0.717) is 27.8 Å². The molecule has 2 aromatic heterocycles. The highest BCUT2D eigenvalue weighted by Gasteiger charge is 2.21. The van der Waals surface area contributed by atoms with E-state index in [4.69, 9.17) is 0 Å². The first-order chi connectivity index (χ1) is 24.7. The molecule has 0 radical (unpaired) electrons. The lowest BCUT2D eigenvalue weighted by molar-refractivity contribution is 1.18. The van der Waals surface area contributed by atoms with Gasteiger partial charge in [-0.3, -0.25) is 0 Å². The monoisotopic (exact) mass is 635 g/mol. The Morgan fingerprint density at radius 2 is 0.920 bits per heavy atom. The van der Waals surface area contributed by atoms with Gasteiger partial charge in [-0.15, -0.1) is 0 Å². The predicted molar refractivity (Wildman–Crippen MR) is 200 cm³/mol. The minimum atomic E-state index is 0.469. The van der Waals surface area contributed by atoms with E-state index in [-0.39, 0.29) is 0 Å². The second-order valence-electron chi connectivity index (χ2n) is 12.3. The van der Waals surface area contributed by atoms with E-state index in [0.717, 1.165) is 55.3 Å². The van der Waals surface area contributed by atoms with Gasteiger partial charge >= 0.3 is 0 Å². The number of para-hydroxylation sites is 4. The molecule has 2 heterocycles. The Labute approximate surface area is 287 Å². The van der Waals surface area contributed by atoms with Crippen molar-refractivity contribution in [2.45, 2.75) is 0 Å². The summed E-state index contributed by atoms with van der Waals surface area (Å²) in [4.78, 5) is 0. The van der Waals surface area contributed by atoms with Crippen LogP contribution in [0.15, 0.2) is 152 Å². The molecular formula is C45H25N5. The molecule has 0 bridgehead atoms. The van der Waals surface area contributed by atoms with Gasteiger partial charge < -0.3 is 9.13 Å². The molecule has 0 N–H and O–H groups in total. The van der Waals surface area contributed by atoms with E-state index < -0.39 is 0 Å². The summed E-state index contributed by atoms with van der Waals surface area (Å²) in [6.45, 7) is 0. The molecule has 0 spiro atoms. The van der Waals surface area contributed by atoms with Crippen LogP contribution in [0.5, 0.6) is 0 Å². The molecule has 0 unspecified atom stereocenters. The number of benzene rings is 7. The molecular weight excluding hydrogens is 611 g/mol. The molecule has 5 nitrogen and oxygen atoms in total. The van der Waals surface area contributed by atoms with E-state index in [2.05, 4.69) is 100 Å². The Morgan fingerprint density at radius 3 is 1.56 bits per heavy atom. The van der Waals surface area contributed by atoms with Crippen molar-refractivity contribution in [1.82, 2.24) is 9.13 Å². The molecule has 0 saturated heterocycles. The van der Waals surface area contributed by atoms with Gasteiger partial charge in [-0.25, -0.2) is 0 Å². The van der Waals surface area contributed by atoms with Crippen molar-refractivity contribution in [2.75, 3.05) is 0 Å². The third kappa shape index (κ3) is 4.31. The highest BCUT2D eigenvalue weighted by atomic mass is 15.0. The van der Waals surface area contributed by atoms with Gasteiger partial charge in [0.1, 0.15) is 6.07 Å². The zero-order valence-electron chi connectivity index (χ0n) is 26.7. The van der Waals surface area contributed by atoms with Gasteiger partial charge in [0.25, 0.3) is 0 Å². The van der Waals surface area contributed by atoms with Crippen molar-refractivity contribution in [3.05, 3.63) is 168 Å². The lowest BCUT2D eigenvalue weighted by Crippen LogP contribution is -2.00. The molecule has 9 rings (SSSR count). The normalized spacial score (nSPS) is 11.1. The van der Waals surface area contributed by atoms with Crippen molar-refractivity contribution in [2.24, 2.45) is 0 Å². The second-order valence-corrected chi connectivity index (χ2v) is 12.3. The molecule has 0 saturated carbocycles. The summed E-state index contributed by atoms with van der Waals surface area (Å²) in [5, 5.41) is 35.0. The van der Waals surface area contributed by atoms with E-state index in [9.17, 15) is 15.8 Å². The van der Waals surface area contributed by atoms with Crippen molar-refractivity contribution in [3.8, 4) is 51.8 Å². The molecule has 0 fully saturated rings. The summed E-state index contributed by atoms with van der Waals surface area (Å²) in [7, 11) is 0. The molecule has 0 aliphatic heterocycles. The third-order valence-electron chi connectivity index (χ3n) is 9.63. The summed E-state index contributed by atoms with van der Waals surface area (Å²) in [5.41, 5.74) is 10.7. The Morgan fingerprint density at radius 1 is 0.380 bits per heavy atom. The van der Waals surface area contributed by atoms with E-state index >= 15 is 0 Å². The maximum atomic E-state index is 10.8. The van der Waals surface area contributed by atoms with Crippen LogP contribution in [0.2, 0.25) is 0 Å². The lowest BCUT2D eigenvalue weighted by atomic mass is 9.89. The van der Waals surface area contributed by atoms with Crippen molar-refractivity contribution in [1.29, 1.82) is 15.8 Å². The zero-order valence-corrected chi connectivity index (χ0v) is 26.7.